The summed E-state index contributed by atoms with van der Waals surface area (Å²) in [7, 11) is 2.02. The first-order valence-electron chi connectivity index (χ1n) is 7.36. The molecule has 0 saturated heterocycles. The zero-order valence-corrected chi connectivity index (χ0v) is 12.0. The van der Waals surface area contributed by atoms with Crippen molar-refractivity contribution in [2.75, 3.05) is 20.3 Å². The molecule has 1 saturated carbocycles. The van der Waals surface area contributed by atoms with Crippen molar-refractivity contribution < 1.29 is 9.47 Å². The van der Waals surface area contributed by atoms with Crippen LogP contribution in [0, 0.1) is 5.92 Å². The van der Waals surface area contributed by atoms with E-state index in [0.29, 0.717) is 0 Å². The molecule has 18 heavy (non-hydrogen) atoms. The molecule has 1 aliphatic heterocycles. The minimum atomic E-state index is -0.0633. The van der Waals surface area contributed by atoms with Gasteiger partial charge in [0.25, 0.3) is 0 Å². The molecule has 0 spiro atoms. The van der Waals surface area contributed by atoms with Crippen LogP contribution >= 0.6 is 0 Å². The molecular weight excluding hydrogens is 226 g/mol. The minimum absolute atomic E-state index is 0.0633. The van der Waals surface area contributed by atoms with Gasteiger partial charge >= 0.3 is 0 Å². The summed E-state index contributed by atoms with van der Waals surface area (Å²) in [6, 6.07) is 0.215. The second-order valence-corrected chi connectivity index (χ2v) is 5.65. The Morgan fingerprint density at radius 1 is 1.50 bits per heavy atom. The summed E-state index contributed by atoms with van der Waals surface area (Å²) in [4.78, 5) is 0. The van der Waals surface area contributed by atoms with E-state index >= 15 is 0 Å². The van der Waals surface area contributed by atoms with Gasteiger partial charge in [0, 0.05) is 13.0 Å². The maximum absolute atomic E-state index is 6.20. The Bertz CT molecular complexity index is 293. The largest absolute Gasteiger partial charge is 0.496 e. The number of likely N-dealkylation sites (N-methyl/N-ethyl adjacent to an activating group) is 1. The Kier molecular flexibility index (Phi) is 4.68. The molecule has 0 bridgehead atoms. The third-order valence-electron chi connectivity index (χ3n) is 4.38. The lowest BCUT2D eigenvalue weighted by Gasteiger charge is -2.44. The lowest BCUT2D eigenvalue weighted by atomic mass is 9.74. The van der Waals surface area contributed by atoms with Crippen molar-refractivity contribution in [3.63, 3.8) is 0 Å². The van der Waals surface area contributed by atoms with E-state index in [4.69, 9.17) is 9.47 Å². The molecular formula is C15H27NO2. The Balaban J connectivity index is 2.16. The second-order valence-electron chi connectivity index (χ2n) is 5.65. The first kappa shape index (κ1) is 13.9. The summed E-state index contributed by atoms with van der Waals surface area (Å²) in [5.74, 6) is 1.93. The molecule has 0 aromatic carbocycles. The first-order valence-corrected chi connectivity index (χ1v) is 7.36. The predicted octanol–water partition coefficient (Wildman–Crippen LogP) is 2.86. The molecule has 104 valence electrons. The first-order chi connectivity index (χ1) is 8.72. The highest BCUT2D eigenvalue weighted by molar-refractivity contribution is 5.15. The molecule has 3 heteroatoms. The van der Waals surface area contributed by atoms with Gasteiger partial charge in [-0.2, -0.15) is 0 Å². The van der Waals surface area contributed by atoms with Gasteiger partial charge in [-0.1, -0.05) is 6.92 Å². The number of ether oxygens (including phenoxy) is 2. The van der Waals surface area contributed by atoms with E-state index < -0.39 is 0 Å². The molecule has 1 N–H and O–H groups in total. The molecule has 0 amide bonds. The van der Waals surface area contributed by atoms with Crippen molar-refractivity contribution in [2.24, 2.45) is 5.92 Å². The number of hydrogen-bond acceptors (Lipinski definition) is 3. The molecule has 1 aliphatic carbocycles. The highest BCUT2D eigenvalue weighted by Gasteiger charge is 2.44. The van der Waals surface area contributed by atoms with Crippen LogP contribution in [0.3, 0.4) is 0 Å². The molecule has 2 rings (SSSR count). The van der Waals surface area contributed by atoms with Gasteiger partial charge in [0.1, 0.15) is 5.76 Å². The van der Waals surface area contributed by atoms with Gasteiger partial charge in [0.2, 0.25) is 0 Å². The fourth-order valence-electron chi connectivity index (χ4n) is 3.36. The van der Waals surface area contributed by atoms with E-state index in [1.54, 1.807) is 0 Å². The summed E-state index contributed by atoms with van der Waals surface area (Å²) in [5.41, 5.74) is -0.0633. The molecule has 1 unspecified atom stereocenters. The van der Waals surface area contributed by atoms with Gasteiger partial charge in [0.05, 0.1) is 18.2 Å². The lowest BCUT2D eigenvalue weighted by molar-refractivity contribution is -0.0951. The topological polar surface area (TPSA) is 30.5 Å². The van der Waals surface area contributed by atoms with E-state index in [2.05, 4.69) is 25.2 Å². The van der Waals surface area contributed by atoms with Crippen LogP contribution < -0.4 is 5.32 Å². The van der Waals surface area contributed by atoms with E-state index in [1.807, 2.05) is 7.05 Å². The highest BCUT2D eigenvalue weighted by atomic mass is 16.5. The third kappa shape index (κ3) is 2.72. The molecule has 0 aromatic rings. The summed E-state index contributed by atoms with van der Waals surface area (Å²) < 4.78 is 12.0. The Morgan fingerprint density at radius 2 is 2.22 bits per heavy atom. The van der Waals surface area contributed by atoms with Crippen LogP contribution in [0.25, 0.3) is 0 Å². The maximum atomic E-state index is 6.20. The fourth-order valence-corrected chi connectivity index (χ4v) is 3.36. The molecule has 2 aliphatic rings. The van der Waals surface area contributed by atoms with Crippen LogP contribution in [0.4, 0.5) is 0 Å². The van der Waals surface area contributed by atoms with Crippen LogP contribution in [0.2, 0.25) is 0 Å². The van der Waals surface area contributed by atoms with Crippen LogP contribution in [-0.4, -0.2) is 31.9 Å². The summed E-state index contributed by atoms with van der Waals surface area (Å²) in [6.07, 6.45) is 8.03. The van der Waals surface area contributed by atoms with Crippen molar-refractivity contribution in [1.29, 1.82) is 0 Å². The van der Waals surface area contributed by atoms with Crippen LogP contribution in [0.1, 0.15) is 46.0 Å². The SMILES string of the molecule is CCOC1(C(NC)C2=CCCO2)CCC(C)CC1. The van der Waals surface area contributed by atoms with Crippen LogP contribution in [0.5, 0.6) is 0 Å². The number of hydrogen-bond donors (Lipinski definition) is 1. The Hall–Kier alpha value is -0.540. The maximum Gasteiger partial charge on any atom is 0.112 e. The molecule has 0 radical (unpaired) electrons. The van der Waals surface area contributed by atoms with Crippen molar-refractivity contribution in [1.82, 2.24) is 5.32 Å². The van der Waals surface area contributed by atoms with Crippen LogP contribution in [0.15, 0.2) is 11.8 Å². The monoisotopic (exact) mass is 253 g/mol. The highest BCUT2D eigenvalue weighted by Crippen LogP contribution is 2.40. The number of rotatable bonds is 5. The zero-order chi connectivity index (χ0) is 13.0. The Labute approximate surface area is 111 Å². The van der Waals surface area contributed by atoms with Crippen molar-refractivity contribution in [2.45, 2.75) is 57.6 Å². The average molecular weight is 253 g/mol. The zero-order valence-electron chi connectivity index (χ0n) is 12.0. The quantitative estimate of drug-likeness (QED) is 0.817. The van der Waals surface area contributed by atoms with Gasteiger partial charge in [-0.15, -0.1) is 0 Å². The predicted molar refractivity (Wildman–Crippen MR) is 73.5 cm³/mol. The van der Waals surface area contributed by atoms with Gasteiger partial charge in [0.15, 0.2) is 0 Å². The molecule has 1 atom stereocenters. The van der Waals surface area contributed by atoms with Gasteiger partial charge in [-0.05, 0) is 51.6 Å². The second kappa shape index (κ2) is 6.07. The number of nitrogens with one attached hydrogen (secondary N) is 1. The molecule has 1 fully saturated rings. The lowest BCUT2D eigenvalue weighted by Crippen LogP contribution is -2.54. The fraction of sp³-hybridized carbons (Fsp3) is 0.867. The van der Waals surface area contributed by atoms with E-state index in [0.717, 1.165) is 44.2 Å². The Morgan fingerprint density at radius 3 is 2.72 bits per heavy atom. The van der Waals surface area contributed by atoms with E-state index in [9.17, 15) is 0 Å². The van der Waals surface area contributed by atoms with Crippen molar-refractivity contribution in [3.8, 4) is 0 Å². The molecule has 0 aromatic heterocycles. The summed E-state index contributed by atoms with van der Waals surface area (Å²) in [6.45, 7) is 6.04. The van der Waals surface area contributed by atoms with Crippen molar-refractivity contribution >= 4 is 0 Å². The van der Waals surface area contributed by atoms with Crippen molar-refractivity contribution in [3.05, 3.63) is 11.8 Å². The van der Waals surface area contributed by atoms with Crippen LogP contribution in [-0.2, 0) is 9.47 Å². The average Bonchev–Trinajstić information content (AvgIpc) is 2.88. The minimum Gasteiger partial charge on any atom is -0.496 e. The normalized spacial score (nSPS) is 33.9. The smallest absolute Gasteiger partial charge is 0.112 e. The van der Waals surface area contributed by atoms with Gasteiger partial charge in [-0.25, -0.2) is 0 Å². The summed E-state index contributed by atoms with van der Waals surface area (Å²) >= 11 is 0. The molecule has 3 nitrogen and oxygen atoms in total. The third-order valence-corrected chi connectivity index (χ3v) is 4.38. The van der Waals surface area contributed by atoms with Gasteiger partial charge < -0.3 is 14.8 Å². The van der Waals surface area contributed by atoms with E-state index in [1.165, 1.54) is 12.8 Å². The van der Waals surface area contributed by atoms with E-state index in [-0.39, 0.29) is 11.6 Å². The summed E-state index contributed by atoms with van der Waals surface area (Å²) in [5, 5.41) is 3.44. The van der Waals surface area contributed by atoms with Gasteiger partial charge in [-0.3, -0.25) is 0 Å². The standard InChI is InChI=1S/C15H27NO2/c1-4-18-15(9-7-12(2)8-10-15)14(16-3)13-6-5-11-17-13/h6,12,14,16H,4-5,7-11H2,1-3H3. The molecule has 1 heterocycles.